The van der Waals surface area contributed by atoms with Crippen molar-refractivity contribution >= 4 is 23.1 Å². The highest BCUT2D eigenvalue weighted by atomic mass is 19.1. The Hall–Kier alpha value is -4.34. The number of hydrogen-bond acceptors (Lipinski definition) is 6. The number of carbonyl (C=O) groups excluding carboxylic acids is 2. The van der Waals surface area contributed by atoms with Crippen molar-refractivity contribution in [3.63, 3.8) is 0 Å². The number of non-ortho nitro benzene ring substituents is 1. The van der Waals surface area contributed by atoms with Gasteiger partial charge in [0.2, 0.25) is 0 Å². The Labute approximate surface area is 193 Å². The highest BCUT2D eigenvalue weighted by Gasteiger charge is 2.35. The van der Waals surface area contributed by atoms with Crippen LogP contribution in [0.5, 0.6) is 0 Å². The molecule has 1 aromatic heterocycles. The molecule has 34 heavy (non-hydrogen) atoms. The summed E-state index contributed by atoms with van der Waals surface area (Å²) >= 11 is 0. The van der Waals surface area contributed by atoms with Crippen LogP contribution in [0.1, 0.15) is 16.4 Å². The molecule has 174 valence electrons. The Morgan fingerprint density at radius 2 is 1.56 bits per heavy atom. The van der Waals surface area contributed by atoms with Crippen molar-refractivity contribution in [2.24, 2.45) is 0 Å². The molecule has 0 N–H and O–H groups in total. The number of halogens is 1. The maximum Gasteiger partial charge on any atom is 0.269 e. The average Bonchev–Trinajstić information content (AvgIpc) is 2.85. The van der Waals surface area contributed by atoms with Crippen molar-refractivity contribution in [1.29, 1.82) is 0 Å². The zero-order chi connectivity index (χ0) is 24.2. The number of nitro benzene ring substituents is 1. The van der Waals surface area contributed by atoms with E-state index in [1.54, 1.807) is 24.3 Å². The Morgan fingerprint density at radius 1 is 0.912 bits per heavy atom. The van der Waals surface area contributed by atoms with Crippen molar-refractivity contribution in [3.8, 4) is 0 Å². The molecule has 0 aliphatic carbocycles. The predicted molar refractivity (Wildman–Crippen MR) is 122 cm³/mol. The SMILES string of the molecule is O=C(c1ccc([N+](=O)[O-])cc1)[C@H](C(=O)N1CCN(c2ccccc2F)CC1)n1ccccc1=O. The first-order valence-corrected chi connectivity index (χ1v) is 10.6. The molecule has 0 bridgehead atoms. The minimum atomic E-state index is -1.46. The number of para-hydroxylation sites is 1. The van der Waals surface area contributed by atoms with Crippen molar-refractivity contribution in [3.05, 3.63) is 105 Å². The molecule has 2 heterocycles. The minimum Gasteiger partial charge on any atom is -0.366 e. The van der Waals surface area contributed by atoms with Crippen molar-refractivity contribution < 1.29 is 18.9 Å². The molecule has 2 aromatic carbocycles. The molecule has 1 amide bonds. The van der Waals surface area contributed by atoms with Gasteiger partial charge in [0.25, 0.3) is 17.2 Å². The van der Waals surface area contributed by atoms with Crippen molar-refractivity contribution in [2.75, 3.05) is 31.1 Å². The fraction of sp³-hybridized carbons (Fsp3) is 0.208. The lowest BCUT2D eigenvalue weighted by Crippen LogP contribution is -2.52. The molecule has 4 rings (SSSR count). The van der Waals surface area contributed by atoms with Crippen molar-refractivity contribution in [2.45, 2.75) is 6.04 Å². The fourth-order valence-electron chi connectivity index (χ4n) is 3.96. The molecule has 0 spiro atoms. The van der Waals surface area contributed by atoms with Crippen LogP contribution in [-0.4, -0.2) is 52.3 Å². The third-order valence-electron chi connectivity index (χ3n) is 5.76. The Balaban J connectivity index is 1.60. The summed E-state index contributed by atoms with van der Waals surface area (Å²) in [6, 6.07) is 14.1. The number of pyridine rings is 1. The number of carbonyl (C=O) groups is 2. The predicted octanol–water partition coefficient (Wildman–Crippen LogP) is 2.67. The third kappa shape index (κ3) is 4.56. The van der Waals surface area contributed by atoms with Crippen LogP contribution >= 0.6 is 0 Å². The summed E-state index contributed by atoms with van der Waals surface area (Å²) in [5.41, 5.74) is -0.209. The molecule has 0 saturated carbocycles. The Morgan fingerprint density at radius 3 is 2.18 bits per heavy atom. The summed E-state index contributed by atoms with van der Waals surface area (Å²) in [5.74, 6) is -1.57. The third-order valence-corrected chi connectivity index (χ3v) is 5.76. The van der Waals surface area contributed by atoms with E-state index in [0.717, 1.165) is 4.57 Å². The summed E-state index contributed by atoms with van der Waals surface area (Å²) < 4.78 is 15.2. The number of amides is 1. The Kier molecular flexibility index (Phi) is 6.48. The van der Waals surface area contributed by atoms with Crippen LogP contribution in [0.2, 0.25) is 0 Å². The van der Waals surface area contributed by atoms with Gasteiger partial charge in [-0.3, -0.25) is 29.1 Å². The minimum absolute atomic E-state index is 0.0738. The van der Waals surface area contributed by atoms with Crippen LogP contribution in [0, 0.1) is 15.9 Å². The van der Waals surface area contributed by atoms with Gasteiger partial charge in [-0.15, -0.1) is 0 Å². The van der Waals surface area contributed by atoms with Gasteiger partial charge in [-0.25, -0.2) is 4.39 Å². The smallest absolute Gasteiger partial charge is 0.269 e. The number of Topliss-reactive ketones (excluding diaryl/α,β-unsaturated/α-hetero) is 1. The molecule has 1 aliphatic rings. The first-order valence-electron chi connectivity index (χ1n) is 10.6. The fourth-order valence-corrected chi connectivity index (χ4v) is 3.96. The number of nitro groups is 1. The molecule has 3 aromatic rings. The molecule has 1 aliphatic heterocycles. The lowest BCUT2D eigenvalue weighted by Gasteiger charge is -2.37. The van der Waals surface area contributed by atoms with Gasteiger partial charge in [0.15, 0.2) is 11.8 Å². The number of benzene rings is 2. The van der Waals surface area contributed by atoms with Crippen LogP contribution in [0.4, 0.5) is 15.8 Å². The molecule has 1 atom stereocenters. The highest BCUT2D eigenvalue weighted by Crippen LogP contribution is 2.23. The van der Waals surface area contributed by atoms with Gasteiger partial charge in [-0.1, -0.05) is 18.2 Å². The second kappa shape index (κ2) is 9.65. The van der Waals surface area contributed by atoms with E-state index >= 15 is 0 Å². The molecular formula is C24H21FN4O5. The maximum atomic E-state index is 14.1. The monoisotopic (exact) mass is 464 g/mol. The van der Waals surface area contributed by atoms with E-state index in [1.165, 1.54) is 53.6 Å². The molecule has 0 radical (unpaired) electrons. The second-order valence-electron chi connectivity index (χ2n) is 7.78. The van der Waals surface area contributed by atoms with E-state index in [4.69, 9.17) is 0 Å². The van der Waals surface area contributed by atoms with Gasteiger partial charge in [-0.2, -0.15) is 0 Å². The van der Waals surface area contributed by atoms with E-state index < -0.39 is 28.2 Å². The van der Waals surface area contributed by atoms with E-state index in [9.17, 15) is 28.9 Å². The summed E-state index contributed by atoms with van der Waals surface area (Å²) in [6.45, 7) is 1.18. The van der Waals surface area contributed by atoms with E-state index in [1.807, 2.05) is 4.90 Å². The van der Waals surface area contributed by atoms with Crippen LogP contribution in [-0.2, 0) is 4.79 Å². The first kappa shape index (κ1) is 22.8. The van der Waals surface area contributed by atoms with Crippen LogP contribution in [0.25, 0.3) is 0 Å². The van der Waals surface area contributed by atoms with Crippen molar-refractivity contribution in [1.82, 2.24) is 9.47 Å². The summed E-state index contributed by atoms with van der Waals surface area (Å²) in [4.78, 5) is 53.0. The quantitative estimate of drug-likeness (QED) is 0.240. The number of nitrogens with zero attached hydrogens (tertiary/aromatic N) is 4. The zero-order valence-corrected chi connectivity index (χ0v) is 18.0. The number of aromatic nitrogens is 1. The van der Waals surface area contributed by atoms with Gasteiger partial charge in [0, 0.05) is 56.1 Å². The van der Waals surface area contributed by atoms with Crippen LogP contribution in [0.15, 0.2) is 77.7 Å². The van der Waals surface area contributed by atoms with Gasteiger partial charge >= 0.3 is 0 Å². The zero-order valence-electron chi connectivity index (χ0n) is 18.0. The first-order chi connectivity index (χ1) is 16.4. The molecule has 9 nitrogen and oxygen atoms in total. The normalized spacial score (nSPS) is 14.5. The maximum absolute atomic E-state index is 14.1. The topological polar surface area (TPSA) is 106 Å². The van der Waals surface area contributed by atoms with Gasteiger partial charge in [-0.05, 0) is 30.3 Å². The molecule has 0 unspecified atom stereocenters. The largest absolute Gasteiger partial charge is 0.366 e. The van der Waals surface area contributed by atoms with E-state index in [-0.39, 0.29) is 30.2 Å². The molecule has 10 heteroatoms. The highest BCUT2D eigenvalue weighted by molar-refractivity contribution is 6.12. The van der Waals surface area contributed by atoms with Crippen LogP contribution < -0.4 is 10.5 Å². The van der Waals surface area contributed by atoms with Gasteiger partial charge in [0.05, 0.1) is 10.6 Å². The number of rotatable bonds is 6. The number of ketones is 1. The summed E-state index contributed by atoms with van der Waals surface area (Å²) in [7, 11) is 0. The molecular weight excluding hydrogens is 443 g/mol. The summed E-state index contributed by atoms with van der Waals surface area (Å²) in [6.07, 6.45) is 1.36. The number of piperazine rings is 1. The lowest BCUT2D eigenvalue weighted by molar-refractivity contribution is -0.384. The molecule has 1 saturated heterocycles. The van der Waals surface area contributed by atoms with Gasteiger partial charge < -0.3 is 9.80 Å². The second-order valence-corrected chi connectivity index (χ2v) is 7.78. The Bertz CT molecular complexity index is 1280. The van der Waals surface area contributed by atoms with Crippen LogP contribution in [0.3, 0.4) is 0 Å². The number of anilines is 1. The van der Waals surface area contributed by atoms with E-state index in [0.29, 0.717) is 18.8 Å². The average molecular weight is 464 g/mol. The standard InChI is InChI=1S/C24H21FN4O5/c25-19-5-1-2-6-20(19)26-13-15-27(16-14-26)24(32)22(28-12-4-3-7-21(28)30)23(31)17-8-10-18(11-9-17)29(33)34/h1-12,22H,13-16H2/t22-/m1/s1. The lowest BCUT2D eigenvalue weighted by atomic mass is 10.0. The molecule has 1 fully saturated rings. The van der Waals surface area contributed by atoms with Gasteiger partial charge in [0.1, 0.15) is 5.82 Å². The summed E-state index contributed by atoms with van der Waals surface area (Å²) in [5, 5.41) is 10.9. The number of hydrogen-bond donors (Lipinski definition) is 0. The van der Waals surface area contributed by atoms with E-state index in [2.05, 4.69) is 0 Å².